The van der Waals surface area contributed by atoms with E-state index in [0.29, 0.717) is 54.5 Å². The first-order chi connectivity index (χ1) is 13.9. The number of rotatable bonds is 8. The first kappa shape index (κ1) is 21.6. The number of carbonyl (C=O) groups excluding carboxylic acids is 1. The number of ether oxygens (including phenoxy) is 2. The first-order valence-corrected chi connectivity index (χ1v) is 11.8. The van der Waals surface area contributed by atoms with Crippen LogP contribution in [-0.2, 0) is 21.2 Å². The van der Waals surface area contributed by atoms with Crippen LogP contribution in [0.15, 0.2) is 39.9 Å². The molecule has 0 saturated carbocycles. The van der Waals surface area contributed by atoms with E-state index >= 15 is 0 Å². The van der Waals surface area contributed by atoms with E-state index in [2.05, 4.69) is 4.72 Å². The van der Waals surface area contributed by atoms with Gasteiger partial charge in [0.1, 0.15) is 4.21 Å². The van der Waals surface area contributed by atoms with E-state index in [1.165, 1.54) is 11.3 Å². The van der Waals surface area contributed by atoms with E-state index in [0.717, 1.165) is 5.56 Å². The molecule has 0 spiro atoms. The summed E-state index contributed by atoms with van der Waals surface area (Å²) in [6, 6.07) is 8.83. The third-order valence-electron chi connectivity index (χ3n) is 5.00. The molecule has 2 heterocycles. The fraction of sp³-hybridized carbons (Fsp3) is 0.450. The molecule has 1 aromatic carbocycles. The predicted molar refractivity (Wildman–Crippen MR) is 112 cm³/mol. The van der Waals surface area contributed by atoms with Gasteiger partial charge in [-0.2, -0.15) is 0 Å². The molecule has 9 heteroatoms. The molecule has 1 aliphatic heterocycles. The number of methoxy groups -OCH3 is 2. The van der Waals surface area contributed by atoms with Crippen LogP contribution >= 0.6 is 11.3 Å². The number of carbonyl (C=O) groups is 1. The lowest BCUT2D eigenvalue weighted by Crippen LogP contribution is -2.46. The van der Waals surface area contributed by atoms with Gasteiger partial charge >= 0.3 is 0 Å². The summed E-state index contributed by atoms with van der Waals surface area (Å²) < 4.78 is 38.3. The van der Waals surface area contributed by atoms with Gasteiger partial charge in [-0.05, 0) is 48.4 Å². The number of hydrogen-bond donors (Lipinski definition) is 1. The van der Waals surface area contributed by atoms with Crippen LogP contribution < -0.4 is 14.2 Å². The molecule has 29 heavy (non-hydrogen) atoms. The Morgan fingerprint density at radius 3 is 2.52 bits per heavy atom. The van der Waals surface area contributed by atoms with E-state index in [4.69, 9.17) is 9.47 Å². The highest BCUT2D eigenvalue weighted by molar-refractivity contribution is 7.91. The topological polar surface area (TPSA) is 84.9 Å². The number of sulfonamides is 1. The van der Waals surface area contributed by atoms with Crippen molar-refractivity contribution in [2.75, 3.05) is 27.3 Å². The molecule has 0 radical (unpaired) electrons. The van der Waals surface area contributed by atoms with Crippen molar-refractivity contribution in [3.8, 4) is 11.5 Å². The maximum Gasteiger partial charge on any atom is 0.250 e. The molecule has 1 N–H and O–H groups in total. The lowest BCUT2D eigenvalue weighted by atomic mass is 10.0. The fourth-order valence-electron chi connectivity index (χ4n) is 3.39. The number of nitrogens with one attached hydrogen (secondary N) is 1. The largest absolute Gasteiger partial charge is 0.493 e. The van der Waals surface area contributed by atoms with Crippen LogP contribution in [0, 0.1) is 0 Å². The number of nitrogens with zero attached hydrogens (tertiary/aromatic N) is 1. The zero-order valence-electron chi connectivity index (χ0n) is 16.6. The van der Waals surface area contributed by atoms with Crippen LogP contribution in [0.1, 0.15) is 24.8 Å². The van der Waals surface area contributed by atoms with E-state index in [9.17, 15) is 13.2 Å². The Hall–Kier alpha value is -2.10. The summed E-state index contributed by atoms with van der Waals surface area (Å²) in [6.07, 6.45) is 2.25. The summed E-state index contributed by atoms with van der Waals surface area (Å²) in [5.74, 6) is 1.39. The number of piperidine rings is 1. The van der Waals surface area contributed by atoms with E-state index in [1.54, 1.807) is 31.7 Å². The van der Waals surface area contributed by atoms with Crippen LogP contribution in [0.2, 0.25) is 0 Å². The van der Waals surface area contributed by atoms with E-state index in [-0.39, 0.29) is 11.9 Å². The summed E-state index contributed by atoms with van der Waals surface area (Å²) in [5.41, 5.74) is 1.01. The molecule has 0 aliphatic carbocycles. The molecule has 0 atom stereocenters. The Balaban J connectivity index is 1.48. The lowest BCUT2D eigenvalue weighted by molar-refractivity contribution is -0.132. The molecule has 0 bridgehead atoms. The van der Waals surface area contributed by atoms with Crippen molar-refractivity contribution in [3.05, 3.63) is 41.3 Å². The van der Waals surface area contributed by atoms with Gasteiger partial charge in [0.2, 0.25) is 15.9 Å². The summed E-state index contributed by atoms with van der Waals surface area (Å²) in [4.78, 5) is 14.4. The Morgan fingerprint density at radius 2 is 1.90 bits per heavy atom. The summed E-state index contributed by atoms with van der Waals surface area (Å²) in [5, 5.41) is 1.74. The van der Waals surface area contributed by atoms with Crippen molar-refractivity contribution < 1.29 is 22.7 Å². The molecule has 1 amide bonds. The summed E-state index contributed by atoms with van der Waals surface area (Å²) in [7, 11) is -0.295. The fourth-order valence-corrected chi connectivity index (χ4v) is 5.70. The highest BCUT2D eigenvalue weighted by Crippen LogP contribution is 2.28. The standard InChI is InChI=1S/C20H26N2O5S2/c1-26-17-7-5-15(14-18(17)27-2)6-8-19(23)22-11-9-16(10-12-22)21-29(24,25)20-4-3-13-28-20/h3-5,7,13-14,16,21H,6,8-12H2,1-2H3. The van der Waals surface area contributed by atoms with Gasteiger partial charge in [-0.15, -0.1) is 11.3 Å². The minimum absolute atomic E-state index is 0.0827. The molecular weight excluding hydrogens is 412 g/mol. The van der Waals surface area contributed by atoms with Crippen LogP contribution in [0.5, 0.6) is 11.5 Å². The molecule has 2 aromatic rings. The summed E-state index contributed by atoms with van der Waals surface area (Å²) in [6.45, 7) is 1.12. The number of aryl methyl sites for hydroxylation is 1. The highest BCUT2D eigenvalue weighted by atomic mass is 32.2. The highest BCUT2D eigenvalue weighted by Gasteiger charge is 2.27. The maximum absolute atomic E-state index is 12.6. The van der Waals surface area contributed by atoms with Gasteiger partial charge in [0.15, 0.2) is 11.5 Å². The van der Waals surface area contributed by atoms with Crippen LogP contribution in [0.25, 0.3) is 0 Å². The zero-order valence-corrected chi connectivity index (χ0v) is 18.2. The second-order valence-corrected chi connectivity index (χ2v) is 9.79. The van der Waals surface area contributed by atoms with Gasteiger partial charge in [0.25, 0.3) is 0 Å². The number of likely N-dealkylation sites (tertiary alicyclic amines) is 1. The third kappa shape index (κ3) is 5.49. The van der Waals surface area contributed by atoms with Gasteiger partial charge in [-0.25, -0.2) is 13.1 Å². The predicted octanol–water partition coefficient (Wildman–Crippen LogP) is 2.67. The van der Waals surface area contributed by atoms with Crippen molar-refractivity contribution in [1.82, 2.24) is 9.62 Å². The van der Waals surface area contributed by atoms with E-state index < -0.39 is 10.0 Å². The Kier molecular flexibility index (Phi) is 7.15. The lowest BCUT2D eigenvalue weighted by Gasteiger charge is -2.32. The second-order valence-electron chi connectivity index (χ2n) is 6.90. The van der Waals surface area contributed by atoms with Crippen LogP contribution in [0.3, 0.4) is 0 Å². The molecule has 7 nitrogen and oxygen atoms in total. The van der Waals surface area contributed by atoms with Gasteiger partial charge < -0.3 is 14.4 Å². The zero-order chi connectivity index (χ0) is 20.9. The number of benzene rings is 1. The van der Waals surface area contributed by atoms with Gasteiger partial charge in [-0.1, -0.05) is 12.1 Å². The molecule has 1 aliphatic rings. The van der Waals surface area contributed by atoms with Crippen molar-refractivity contribution in [1.29, 1.82) is 0 Å². The number of amides is 1. The van der Waals surface area contributed by atoms with Gasteiger partial charge in [0, 0.05) is 25.6 Å². The SMILES string of the molecule is COc1ccc(CCC(=O)N2CCC(NS(=O)(=O)c3cccs3)CC2)cc1OC. The van der Waals surface area contributed by atoms with Crippen molar-refractivity contribution in [2.45, 2.75) is 35.9 Å². The average molecular weight is 439 g/mol. The van der Waals surface area contributed by atoms with Gasteiger partial charge in [0.05, 0.1) is 14.2 Å². The van der Waals surface area contributed by atoms with E-state index in [1.807, 2.05) is 23.1 Å². The quantitative estimate of drug-likeness (QED) is 0.685. The summed E-state index contributed by atoms with van der Waals surface area (Å²) >= 11 is 1.20. The molecular formula is C20H26N2O5S2. The third-order valence-corrected chi connectivity index (χ3v) is 7.92. The molecule has 1 aromatic heterocycles. The van der Waals surface area contributed by atoms with Crippen molar-refractivity contribution in [2.24, 2.45) is 0 Å². The molecule has 0 unspecified atom stereocenters. The first-order valence-electron chi connectivity index (χ1n) is 9.47. The van der Waals surface area contributed by atoms with Crippen molar-refractivity contribution >= 4 is 27.3 Å². The molecule has 158 valence electrons. The Morgan fingerprint density at radius 1 is 1.17 bits per heavy atom. The van der Waals surface area contributed by atoms with Crippen molar-refractivity contribution in [3.63, 3.8) is 0 Å². The minimum Gasteiger partial charge on any atom is -0.493 e. The number of thiophene rings is 1. The second kappa shape index (κ2) is 9.60. The maximum atomic E-state index is 12.6. The smallest absolute Gasteiger partial charge is 0.250 e. The molecule has 3 rings (SSSR count). The molecule has 1 saturated heterocycles. The molecule has 1 fully saturated rings. The normalized spacial score (nSPS) is 15.3. The van der Waals surface area contributed by atoms with Gasteiger partial charge in [-0.3, -0.25) is 4.79 Å². The Labute approximate surface area is 175 Å². The van der Waals surface area contributed by atoms with Crippen LogP contribution in [-0.4, -0.2) is 52.6 Å². The monoisotopic (exact) mass is 438 g/mol. The Bertz CT molecular complexity index is 920. The van der Waals surface area contributed by atoms with Crippen LogP contribution in [0.4, 0.5) is 0 Å². The number of hydrogen-bond acceptors (Lipinski definition) is 6. The minimum atomic E-state index is -3.47. The average Bonchev–Trinajstić information content (AvgIpc) is 3.28.